The Hall–Kier alpha value is -1.48. The van der Waals surface area contributed by atoms with Crippen molar-refractivity contribution < 1.29 is 36.8 Å². The first-order valence-electron chi connectivity index (χ1n) is 2.73. The van der Waals surface area contributed by atoms with Crippen molar-refractivity contribution in [3.63, 3.8) is 0 Å². The summed E-state index contributed by atoms with van der Waals surface area (Å²) in [5, 5.41) is 18.2. The standard InChI is InChI=1S/C4H2F6N2O2/c5-3(6,7)1(11-13)2(12-14)4(8,9)10/h13-14H. The minimum absolute atomic E-state index is 1.38. The van der Waals surface area contributed by atoms with Crippen molar-refractivity contribution >= 4 is 11.4 Å². The molecule has 0 aliphatic rings. The van der Waals surface area contributed by atoms with Gasteiger partial charge in [-0.2, -0.15) is 26.3 Å². The zero-order valence-electron chi connectivity index (χ0n) is 6.06. The summed E-state index contributed by atoms with van der Waals surface area (Å²) in [6, 6.07) is 0. The summed E-state index contributed by atoms with van der Waals surface area (Å²) in [6.45, 7) is 0. The number of hydrogen-bond acceptors (Lipinski definition) is 4. The molecule has 0 rings (SSSR count). The third-order valence-corrected chi connectivity index (χ3v) is 0.961. The summed E-state index contributed by atoms with van der Waals surface area (Å²) >= 11 is 0. The van der Waals surface area contributed by atoms with E-state index in [4.69, 9.17) is 10.4 Å². The van der Waals surface area contributed by atoms with E-state index in [0.717, 1.165) is 0 Å². The summed E-state index contributed by atoms with van der Waals surface area (Å²) in [5.41, 5.74) is -5.43. The lowest BCUT2D eigenvalue weighted by atomic mass is 10.2. The molecule has 0 bridgehead atoms. The lowest BCUT2D eigenvalue weighted by molar-refractivity contribution is -0.0738. The van der Waals surface area contributed by atoms with Gasteiger partial charge in [-0.15, -0.1) is 0 Å². The third kappa shape index (κ3) is 2.78. The van der Waals surface area contributed by atoms with E-state index in [2.05, 4.69) is 0 Å². The fraction of sp³-hybridized carbons (Fsp3) is 0.500. The normalized spacial score (nSPS) is 15.9. The molecular weight excluding hydrogens is 222 g/mol. The van der Waals surface area contributed by atoms with Crippen LogP contribution in [0.4, 0.5) is 26.3 Å². The van der Waals surface area contributed by atoms with E-state index >= 15 is 0 Å². The molecule has 0 aromatic heterocycles. The predicted octanol–water partition coefficient (Wildman–Crippen LogP) is 1.77. The molecule has 0 amide bonds. The number of nitrogens with zero attached hydrogens (tertiary/aromatic N) is 2. The van der Waals surface area contributed by atoms with Gasteiger partial charge in [-0.05, 0) is 0 Å². The van der Waals surface area contributed by atoms with Crippen molar-refractivity contribution in [2.45, 2.75) is 12.4 Å². The van der Waals surface area contributed by atoms with Crippen molar-refractivity contribution in [2.75, 3.05) is 0 Å². The van der Waals surface area contributed by atoms with Crippen LogP contribution in [0.1, 0.15) is 0 Å². The highest BCUT2D eigenvalue weighted by atomic mass is 19.4. The zero-order chi connectivity index (χ0) is 11.6. The van der Waals surface area contributed by atoms with Crippen LogP contribution in [0, 0.1) is 0 Å². The molecule has 0 aliphatic carbocycles. The smallest absolute Gasteiger partial charge is 0.410 e. The first kappa shape index (κ1) is 12.5. The SMILES string of the molecule is ON=C(C(=NO)C(F)(F)F)C(F)(F)F. The van der Waals surface area contributed by atoms with E-state index in [1.807, 2.05) is 0 Å². The van der Waals surface area contributed by atoms with Crippen molar-refractivity contribution in [2.24, 2.45) is 10.3 Å². The van der Waals surface area contributed by atoms with Crippen LogP contribution in [0.2, 0.25) is 0 Å². The van der Waals surface area contributed by atoms with Crippen molar-refractivity contribution in [1.29, 1.82) is 0 Å². The highest BCUT2D eigenvalue weighted by Crippen LogP contribution is 2.26. The van der Waals surface area contributed by atoms with E-state index < -0.39 is 23.8 Å². The largest absolute Gasteiger partial charge is 0.438 e. The molecule has 82 valence electrons. The summed E-state index contributed by atoms with van der Waals surface area (Å²) in [7, 11) is 0. The summed E-state index contributed by atoms with van der Waals surface area (Å²) in [5.74, 6) is 0. The number of rotatable bonds is 1. The molecule has 0 aromatic rings. The van der Waals surface area contributed by atoms with Gasteiger partial charge in [-0.1, -0.05) is 10.3 Å². The minimum Gasteiger partial charge on any atom is -0.410 e. The highest BCUT2D eigenvalue weighted by molar-refractivity contribution is 6.46. The van der Waals surface area contributed by atoms with Gasteiger partial charge in [0.2, 0.25) is 11.4 Å². The van der Waals surface area contributed by atoms with Crippen LogP contribution in [0.15, 0.2) is 10.3 Å². The van der Waals surface area contributed by atoms with Gasteiger partial charge in [-0.3, -0.25) is 0 Å². The Morgan fingerprint density at radius 1 is 0.714 bits per heavy atom. The predicted molar refractivity (Wildman–Crippen MR) is 30.6 cm³/mol. The van der Waals surface area contributed by atoms with E-state index in [1.54, 1.807) is 0 Å². The Balaban J connectivity index is 5.27. The maximum atomic E-state index is 11.7. The second-order valence-electron chi connectivity index (χ2n) is 1.89. The van der Waals surface area contributed by atoms with Gasteiger partial charge >= 0.3 is 12.4 Å². The molecular formula is C4H2F6N2O2. The van der Waals surface area contributed by atoms with Gasteiger partial charge in [0.15, 0.2) is 0 Å². The molecule has 0 saturated carbocycles. The molecule has 2 N–H and O–H groups in total. The zero-order valence-corrected chi connectivity index (χ0v) is 6.06. The van der Waals surface area contributed by atoms with Crippen LogP contribution in [-0.2, 0) is 0 Å². The van der Waals surface area contributed by atoms with E-state index in [1.165, 1.54) is 10.3 Å². The molecule has 0 radical (unpaired) electrons. The number of hydrogen-bond donors (Lipinski definition) is 2. The van der Waals surface area contributed by atoms with E-state index in [0.29, 0.717) is 0 Å². The summed E-state index contributed by atoms with van der Waals surface area (Å²) < 4.78 is 70.2. The fourth-order valence-corrected chi connectivity index (χ4v) is 0.477. The van der Waals surface area contributed by atoms with Gasteiger partial charge in [0.1, 0.15) is 0 Å². The first-order chi connectivity index (χ1) is 6.14. The Bertz CT molecular complexity index is 236. The van der Waals surface area contributed by atoms with Crippen LogP contribution in [0.3, 0.4) is 0 Å². The molecule has 0 aromatic carbocycles. The molecule has 4 nitrogen and oxygen atoms in total. The third-order valence-electron chi connectivity index (χ3n) is 0.961. The Morgan fingerprint density at radius 2 is 0.929 bits per heavy atom. The molecule has 0 saturated heterocycles. The Kier molecular flexibility index (Phi) is 3.32. The van der Waals surface area contributed by atoms with Crippen LogP contribution < -0.4 is 0 Å². The molecule has 0 fully saturated rings. The summed E-state index contributed by atoms with van der Waals surface area (Å²) in [4.78, 5) is 0. The minimum atomic E-state index is -5.56. The van der Waals surface area contributed by atoms with Gasteiger partial charge in [0.05, 0.1) is 0 Å². The number of oxime groups is 2. The average molecular weight is 224 g/mol. The fourth-order valence-electron chi connectivity index (χ4n) is 0.477. The average Bonchev–Trinajstić information content (AvgIpc) is 1.94. The second kappa shape index (κ2) is 3.72. The first-order valence-corrected chi connectivity index (χ1v) is 2.73. The molecule has 0 unspecified atom stereocenters. The number of alkyl halides is 6. The topological polar surface area (TPSA) is 65.2 Å². The Labute approximate surface area is 72.1 Å². The molecule has 10 heteroatoms. The van der Waals surface area contributed by atoms with Gasteiger partial charge in [0.25, 0.3) is 0 Å². The maximum Gasteiger partial charge on any atom is 0.438 e. The molecule has 0 atom stereocenters. The van der Waals surface area contributed by atoms with Crippen molar-refractivity contribution in [3.8, 4) is 0 Å². The maximum absolute atomic E-state index is 11.7. The van der Waals surface area contributed by atoms with Gasteiger partial charge < -0.3 is 10.4 Å². The number of halogens is 6. The second-order valence-corrected chi connectivity index (χ2v) is 1.89. The Morgan fingerprint density at radius 3 is 1.00 bits per heavy atom. The van der Waals surface area contributed by atoms with Crippen LogP contribution in [-0.4, -0.2) is 34.2 Å². The summed E-state index contributed by atoms with van der Waals surface area (Å²) in [6.07, 6.45) is -11.1. The highest BCUT2D eigenvalue weighted by Gasteiger charge is 2.51. The lowest BCUT2D eigenvalue weighted by Crippen LogP contribution is -2.40. The van der Waals surface area contributed by atoms with Crippen LogP contribution >= 0.6 is 0 Å². The lowest BCUT2D eigenvalue weighted by Gasteiger charge is -2.11. The molecule has 14 heavy (non-hydrogen) atoms. The van der Waals surface area contributed by atoms with Crippen molar-refractivity contribution in [3.05, 3.63) is 0 Å². The van der Waals surface area contributed by atoms with Crippen molar-refractivity contribution in [1.82, 2.24) is 0 Å². The molecule has 0 heterocycles. The van der Waals surface area contributed by atoms with E-state index in [-0.39, 0.29) is 0 Å². The van der Waals surface area contributed by atoms with Crippen LogP contribution in [0.5, 0.6) is 0 Å². The van der Waals surface area contributed by atoms with Gasteiger partial charge in [-0.25, -0.2) is 0 Å². The molecule has 0 spiro atoms. The molecule has 0 aliphatic heterocycles. The van der Waals surface area contributed by atoms with E-state index in [9.17, 15) is 26.3 Å². The van der Waals surface area contributed by atoms with Crippen LogP contribution in [0.25, 0.3) is 0 Å². The van der Waals surface area contributed by atoms with Gasteiger partial charge in [0, 0.05) is 0 Å². The monoisotopic (exact) mass is 224 g/mol. The quantitative estimate of drug-likeness (QED) is 0.308.